The molecule has 0 aliphatic carbocycles. The quantitative estimate of drug-likeness (QED) is 0.634. The van der Waals surface area contributed by atoms with Crippen molar-refractivity contribution in [3.8, 4) is 0 Å². The molecular weight excluding hydrogens is 176 g/mol. The Hall–Kier alpha value is -0.790. The van der Waals surface area contributed by atoms with Gasteiger partial charge < -0.3 is 5.11 Å². The highest BCUT2D eigenvalue weighted by Gasteiger charge is 2.12. The number of hydrogen-bond donors (Lipinski definition) is 1. The highest BCUT2D eigenvalue weighted by molar-refractivity contribution is 5.72. The minimum atomic E-state index is -0.699. The molecule has 82 valence electrons. The lowest BCUT2D eigenvalue weighted by Gasteiger charge is -2.08. The van der Waals surface area contributed by atoms with Gasteiger partial charge in [-0.3, -0.25) is 4.79 Å². The molecule has 2 nitrogen and oxygen atoms in total. The number of allylic oxidation sites excluding steroid dienone is 1. The molecule has 0 aromatic carbocycles. The van der Waals surface area contributed by atoms with Crippen LogP contribution >= 0.6 is 0 Å². The van der Waals surface area contributed by atoms with Gasteiger partial charge in [0.05, 0.1) is 5.92 Å². The molecule has 1 N–H and O–H groups in total. The van der Waals surface area contributed by atoms with Gasteiger partial charge in [-0.15, -0.1) is 0 Å². The summed E-state index contributed by atoms with van der Waals surface area (Å²) in [6.45, 7) is 6.17. The molecule has 1 atom stereocenters. The average Bonchev–Trinajstić information content (AvgIpc) is 2.18. The number of aliphatic carboxylic acids is 1. The van der Waals surface area contributed by atoms with Crippen LogP contribution in [0.5, 0.6) is 0 Å². The standard InChI is InChI=1S/C12H22O2/c1-4-7-8-10(5-2)9-11(6-3)12(13)14/h9,11H,4-8H2,1-3H3,(H,13,14). The van der Waals surface area contributed by atoms with Crippen molar-refractivity contribution in [2.45, 2.75) is 52.9 Å². The van der Waals surface area contributed by atoms with Gasteiger partial charge in [-0.1, -0.05) is 38.8 Å². The van der Waals surface area contributed by atoms with Crippen molar-refractivity contribution in [2.24, 2.45) is 5.92 Å². The lowest BCUT2D eigenvalue weighted by Crippen LogP contribution is -2.10. The first kappa shape index (κ1) is 13.2. The van der Waals surface area contributed by atoms with E-state index in [4.69, 9.17) is 5.11 Å². The molecule has 0 heterocycles. The number of carboxylic acids is 1. The Morgan fingerprint density at radius 3 is 2.36 bits per heavy atom. The Balaban J connectivity index is 4.30. The molecule has 0 saturated heterocycles. The fraction of sp³-hybridized carbons (Fsp3) is 0.750. The van der Waals surface area contributed by atoms with Crippen molar-refractivity contribution < 1.29 is 9.90 Å². The van der Waals surface area contributed by atoms with Crippen molar-refractivity contribution >= 4 is 5.97 Å². The summed E-state index contributed by atoms with van der Waals surface area (Å²) in [6.07, 6.45) is 6.99. The first-order valence-electron chi connectivity index (χ1n) is 5.58. The summed E-state index contributed by atoms with van der Waals surface area (Å²) in [5.41, 5.74) is 1.29. The highest BCUT2D eigenvalue weighted by atomic mass is 16.4. The fourth-order valence-electron chi connectivity index (χ4n) is 1.43. The molecule has 14 heavy (non-hydrogen) atoms. The van der Waals surface area contributed by atoms with Gasteiger partial charge >= 0.3 is 5.97 Å². The van der Waals surface area contributed by atoms with Crippen molar-refractivity contribution in [1.29, 1.82) is 0 Å². The molecule has 0 aliphatic heterocycles. The first-order chi connectivity index (χ1) is 6.65. The third-order valence-electron chi connectivity index (χ3n) is 2.50. The first-order valence-corrected chi connectivity index (χ1v) is 5.58. The summed E-state index contributed by atoms with van der Waals surface area (Å²) < 4.78 is 0. The van der Waals surface area contributed by atoms with Crippen LogP contribution in [0.4, 0.5) is 0 Å². The zero-order valence-electron chi connectivity index (χ0n) is 9.55. The van der Waals surface area contributed by atoms with E-state index < -0.39 is 5.97 Å². The molecule has 0 aromatic rings. The van der Waals surface area contributed by atoms with Crippen LogP contribution in [0, 0.1) is 5.92 Å². The van der Waals surface area contributed by atoms with E-state index in [1.165, 1.54) is 12.0 Å². The summed E-state index contributed by atoms with van der Waals surface area (Å²) >= 11 is 0. The van der Waals surface area contributed by atoms with Crippen molar-refractivity contribution in [1.82, 2.24) is 0 Å². The Labute approximate surface area is 87.0 Å². The molecule has 0 fully saturated rings. The van der Waals surface area contributed by atoms with Gasteiger partial charge in [0.25, 0.3) is 0 Å². The summed E-state index contributed by atoms with van der Waals surface area (Å²) in [5, 5.41) is 8.90. The van der Waals surface area contributed by atoms with Crippen LogP contribution in [0.2, 0.25) is 0 Å². The van der Waals surface area contributed by atoms with Crippen molar-refractivity contribution in [3.05, 3.63) is 11.6 Å². The van der Waals surface area contributed by atoms with E-state index in [1.807, 2.05) is 13.0 Å². The van der Waals surface area contributed by atoms with Crippen molar-refractivity contribution in [2.75, 3.05) is 0 Å². The molecule has 0 bridgehead atoms. The topological polar surface area (TPSA) is 37.3 Å². The lowest BCUT2D eigenvalue weighted by atomic mass is 9.98. The molecule has 0 aliphatic rings. The Kier molecular flexibility index (Phi) is 7.17. The number of hydrogen-bond acceptors (Lipinski definition) is 1. The Morgan fingerprint density at radius 1 is 1.36 bits per heavy atom. The molecule has 0 rings (SSSR count). The molecule has 0 aromatic heterocycles. The second kappa shape index (κ2) is 7.60. The summed E-state index contributed by atoms with van der Waals surface area (Å²) in [6, 6.07) is 0. The van der Waals surface area contributed by atoms with Crippen LogP contribution in [-0.4, -0.2) is 11.1 Å². The van der Waals surface area contributed by atoms with E-state index in [-0.39, 0.29) is 5.92 Å². The summed E-state index contributed by atoms with van der Waals surface area (Å²) in [7, 11) is 0. The number of carboxylic acid groups (broad SMARTS) is 1. The maximum Gasteiger partial charge on any atom is 0.310 e. The van der Waals surface area contributed by atoms with Gasteiger partial charge in [-0.25, -0.2) is 0 Å². The summed E-state index contributed by atoms with van der Waals surface area (Å²) in [5.74, 6) is -0.989. The van der Waals surface area contributed by atoms with Gasteiger partial charge in [0, 0.05) is 0 Å². The van der Waals surface area contributed by atoms with Gasteiger partial charge in [0.2, 0.25) is 0 Å². The van der Waals surface area contributed by atoms with Crippen LogP contribution in [0.25, 0.3) is 0 Å². The SMILES string of the molecule is CCCCC(=CC(CC)C(=O)O)CC. The predicted molar refractivity (Wildman–Crippen MR) is 59.3 cm³/mol. The molecule has 2 heteroatoms. The van der Waals surface area contributed by atoms with E-state index in [9.17, 15) is 4.79 Å². The number of rotatable bonds is 7. The van der Waals surface area contributed by atoms with Crippen LogP contribution in [0.1, 0.15) is 52.9 Å². The molecule has 0 spiro atoms. The second-order valence-corrected chi connectivity index (χ2v) is 3.64. The zero-order valence-corrected chi connectivity index (χ0v) is 9.55. The smallest absolute Gasteiger partial charge is 0.310 e. The molecule has 1 unspecified atom stereocenters. The lowest BCUT2D eigenvalue weighted by molar-refractivity contribution is -0.140. The van der Waals surface area contributed by atoms with Gasteiger partial charge in [0.1, 0.15) is 0 Å². The second-order valence-electron chi connectivity index (χ2n) is 3.64. The van der Waals surface area contributed by atoms with E-state index in [1.54, 1.807) is 0 Å². The van der Waals surface area contributed by atoms with E-state index in [2.05, 4.69) is 13.8 Å². The van der Waals surface area contributed by atoms with Crippen molar-refractivity contribution in [3.63, 3.8) is 0 Å². The maximum atomic E-state index is 10.8. The summed E-state index contributed by atoms with van der Waals surface area (Å²) in [4.78, 5) is 10.8. The fourth-order valence-corrected chi connectivity index (χ4v) is 1.43. The minimum absolute atomic E-state index is 0.290. The predicted octanol–water partition coefficient (Wildman–Crippen LogP) is 3.62. The monoisotopic (exact) mass is 198 g/mol. The number of unbranched alkanes of at least 4 members (excludes halogenated alkanes) is 1. The maximum absolute atomic E-state index is 10.8. The molecule has 0 amide bonds. The van der Waals surface area contributed by atoms with Crippen LogP contribution < -0.4 is 0 Å². The van der Waals surface area contributed by atoms with Gasteiger partial charge in [-0.2, -0.15) is 0 Å². The van der Waals surface area contributed by atoms with Crippen LogP contribution in [0.3, 0.4) is 0 Å². The van der Waals surface area contributed by atoms with E-state index >= 15 is 0 Å². The molecule has 0 radical (unpaired) electrons. The third kappa shape index (κ3) is 5.05. The van der Waals surface area contributed by atoms with E-state index in [0.29, 0.717) is 6.42 Å². The largest absolute Gasteiger partial charge is 0.481 e. The van der Waals surface area contributed by atoms with Gasteiger partial charge in [-0.05, 0) is 25.7 Å². The number of carbonyl (C=O) groups is 1. The molecular formula is C12H22O2. The third-order valence-corrected chi connectivity index (χ3v) is 2.50. The van der Waals surface area contributed by atoms with Crippen LogP contribution in [-0.2, 0) is 4.79 Å². The van der Waals surface area contributed by atoms with Crippen LogP contribution in [0.15, 0.2) is 11.6 Å². The Morgan fingerprint density at radius 2 is 2.00 bits per heavy atom. The van der Waals surface area contributed by atoms with E-state index in [0.717, 1.165) is 19.3 Å². The minimum Gasteiger partial charge on any atom is -0.481 e. The zero-order chi connectivity index (χ0) is 11.0. The Bertz CT molecular complexity index is 194. The average molecular weight is 198 g/mol. The normalized spacial score (nSPS) is 14.1. The van der Waals surface area contributed by atoms with Gasteiger partial charge in [0.15, 0.2) is 0 Å². The highest BCUT2D eigenvalue weighted by Crippen LogP contribution is 2.16. The molecule has 0 saturated carbocycles.